The summed E-state index contributed by atoms with van der Waals surface area (Å²) in [7, 11) is 9.76. The number of likely N-dealkylation sites (tertiary alicyclic amines) is 1. The molecular weight excluding hydrogens is 946 g/mol. The van der Waals surface area contributed by atoms with Gasteiger partial charge in [0.25, 0.3) is 11.8 Å². The van der Waals surface area contributed by atoms with E-state index in [4.69, 9.17) is 36.9 Å². The molecule has 0 spiro atoms. The molecule has 2 aliphatic heterocycles. The van der Waals surface area contributed by atoms with E-state index >= 15 is 0 Å². The second-order valence-corrected chi connectivity index (χ2v) is 18.0. The number of aliphatic carboxylic acids is 1. The normalized spacial score (nSPS) is 17.1. The first-order valence-corrected chi connectivity index (χ1v) is 23.6. The number of ether oxygens (including phenoxy) is 4. The molecule has 4 heterocycles. The fourth-order valence-corrected chi connectivity index (χ4v) is 7.70. The van der Waals surface area contributed by atoms with Crippen LogP contribution in [0.25, 0.3) is 0 Å². The number of carboxylic acids is 1. The molecule has 0 radical (unpaired) electrons. The van der Waals surface area contributed by atoms with E-state index in [0.717, 1.165) is 62.1 Å². The Bertz CT molecular complexity index is 2480. The molecule has 2 fully saturated rings. The molecule has 1 unspecified atom stereocenters. The average molecular weight is 1020 g/mol. The highest BCUT2D eigenvalue weighted by atomic mass is 19.1. The van der Waals surface area contributed by atoms with Crippen LogP contribution in [0.15, 0.2) is 73.1 Å². The number of Topliss-reactive ketones (excluding diaryl/α,β-unsaturated/α-hetero) is 1. The van der Waals surface area contributed by atoms with Gasteiger partial charge in [0.15, 0.2) is 0 Å². The van der Waals surface area contributed by atoms with E-state index in [2.05, 4.69) is 71.6 Å². The summed E-state index contributed by atoms with van der Waals surface area (Å²) in [6.07, 6.45) is 6.41. The largest absolute Gasteiger partial charge is 0.492 e. The molecule has 6 rings (SSSR count). The van der Waals surface area contributed by atoms with Crippen LogP contribution in [0.5, 0.6) is 23.3 Å². The molecule has 20 nitrogen and oxygen atoms in total. The van der Waals surface area contributed by atoms with Crippen molar-refractivity contribution in [3.05, 3.63) is 101 Å². The van der Waals surface area contributed by atoms with E-state index in [0.29, 0.717) is 19.2 Å². The van der Waals surface area contributed by atoms with Crippen LogP contribution in [0.3, 0.4) is 0 Å². The summed E-state index contributed by atoms with van der Waals surface area (Å²) in [6, 6.07) is 19.1. The third-order valence-electron chi connectivity index (χ3n) is 11.6. The number of benzene rings is 2. The number of carboxylic acid groups (broad SMARTS) is 1. The Labute approximate surface area is 428 Å². The molecule has 2 aromatic carbocycles. The zero-order valence-electron chi connectivity index (χ0n) is 44.0. The summed E-state index contributed by atoms with van der Waals surface area (Å²) >= 11 is 0. The van der Waals surface area contributed by atoms with Crippen LogP contribution in [-0.4, -0.2) is 154 Å². The molecule has 2 aliphatic rings. The molecule has 0 saturated carbocycles. The monoisotopic (exact) mass is 1020 g/mol. The van der Waals surface area contributed by atoms with E-state index in [9.17, 15) is 33.2 Å². The third kappa shape index (κ3) is 19.7. The molecule has 73 heavy (non-hydrogen) atoms. The standard InChI is InChI=1S/C25H33N5O5.C16H26N2O.C10H10N2O5.CH3F/c1-16-8-9-21(17-6-5-7-19(12-17)35-11-10-29(2)3)30(15-16)25(33)23(32)28-18-13-20(22(26)31)24(34-4)27-14-18;1-13-7-8-16(17-12-13)14-5-4-6-15(11-14)19-10-9-18(2)3;1-17-9-6(8(11)14)2-5(4-12-9)3-7(13)10(15)16;1-2/h5-7,12-14,16,21H,8-11,15H2,1-4H3,(H2,26,31)(H,28,32);4-6,11,13,16-17H,7-10,12H2,1-3H3;2,4H,3H2,1H3,(H2,11,14)(H,15,16);1H3/t16-,21+;13-,16?;;/m00../s1/i;;;1D. The van der Waals surface area contributed by atoms with Crippen molar-refractivity contribution in [2.24, 2.45) is 23.3 Å². The molecule has 21 heteroatoms. The number of ketones is 1. The van der Waals surface area contributed by atoms with Gasteiger partial charge in [0.1, 0.15) is 35.8 Å². The van der Waals surface area contributed by atoms with E-state index in [1.54, 1.807) is 4.90 Å². The first kappa shape index (κ1) is 58.3. The van der Waals surface area contributed by atoms with Gasteiger partial charge in [0.05, 0.1) is 40.7 Å². The number of halogens is 1. The Morgan fingerprint density at radius 2 is 1.33 bits per heavy atom. The van der Waals surface area contributed by atoms with Gasteiger partial charge in [0, 0.05) is 38.3 Å². The fraction of sp³-hybridized carbons (Fsp3) is 0.462. The van der Waals surface area contributed by atoms with Gasteiger partial charge in [-0.25, -0.2) is 14.8 Å². The van der Waals surface area contributed by atoms with Crippen molar-refractivity contribution >= 4 is 41.1 Å². The van der Waals surface area contributed by atoms with Crippen molar-refractivity contribution in [2.75, 3.05) is 94.3 Å². The summed E-state index contributed by atoms with van der Waals surface area (Å²) in [5.41, 5.74) is 13.2. The number of carbonyl (C=O) groups is 6. The summed E-state index contributed by atoms with van der Waals surface area (Å²) in [6.45, 7) is 8.97. The lowest BCUT2D eigenvalue weighted by molar-refractivity contribution is -0.148. The number of hydrogen-bond donors (Lipinski definition) is 5. The average Bonchev–Trinajstić information content (AvgIpc) is 3.36. The molecule has 2 aromatic heterocycles. The Balaban J connectivity index is 0.000000311. The van der Waals surface area contributed by atoms with Crippen LogP contribution < -0.4 is 41.0 Å². The number of likely N-dealkylation sites (N-methyl/N-ethyl adjacent to an activating group) is 2. The van der Waals surface area contributed by atoms with Crippen molar-refractivity contribution < 1.29 is 58.6 Å². The minimum absolute atomic E-state index is 0.00295. The smallest absolute Gasteiger partial charge is 0.372 e. The fourth-order valence-electron chi connectivity index (χ4n) is 7.70. The lowest BCUT2D eigenvalue weighted by Crippen LogP contribution is -2.46. The maximum Gasteiger partial charge on any atom is 0.372 e. The SMILES string of the molecule is COc1ncc(CC(=O)C(=O)O)cc1C(N)=O.COc1ncc(NC(=O)C(=O)N2C[C@@H](C)CC[C@@H]2c2cccc(OCCN(C)C)c2)cc1C(N)=O.C[C@H]1CCC(c2cccc(OCCN(C)C)c2)NC1.[2H]CF. The number of carbonyl (C=O) groups excluding carboxylic acids is 5. The van der Waals surface area contributed by atoms with Crippen molar-refractivity contribution in [3.63, 3.8) is 0 Å². The zero-order chi connectivity index (χ0) is 54.9. The Morgan fingerprint density at radius 1 is 0.795 bits per heavy atom. The van der Waals surface area contributed by atoms with Crippen LogP contribution in [0.4, 0.5) is 10.1 Å². The van der Waals surface area contributed by atoms with Crippen molar-refractivity contribution in [1.29, 1.82) is 0 Å². The molecule has 0 bridgehead atoms. The van der Waals surface area contributed by atoms with E-state index in [-0.39, 0.29) is 52.5 Å². The van der Waals surface area contributed by atoms with Crippen LogP contribution in [0, 0.1) is 11.8 Å². The van der Waals surface area contributed by atoms with Gasteiger partial charge in [-0.1, -0.05) is 38.1 Å². The highest BCUT2D eigenvalue weighted by Gasteiger charge is 2.35. The summed E-state index contributed by atoms with van der Waals surface area (Å²) in [5, 5.41) is 14.6. The van der Waals surface area contributed by atoms with Crippen molar-refractivity contribution in [2.45, 2.75) is 58.0 Å². The topological polar surface area (TPSA) is 271 Å². The maximum atomic E-state index is 13.2. The van der Waals surface area contributed by atoms with E-state index < -0.39 is 42.5 Å². The zero-order valence-corrected chi connectivity index (χ0v) is 43.0. The molecular formula is C52H72FN9O11. The quantitative estimate of drug-likeness (QED) is 0.0844. The minimum Gasteiger partial charge on any atom is -0.492 e. The number of hydrogen-bond acceptors (Lipinski definition) is 15. The minimum atomic E-state index is -1.54. The number of anilines is 1. The first-order chi connectivity index (χ1) is 35.2. The number of methoxy groups -OCH3 is 2. The van der Waals surface area contributed by atoms with Gasteiger partial charge >= 0.3 is 17.8 Å². The molecule has 4 aromatic rings. The lowest BCUT2D eigenvalue weighted by Gasteiger charge is -2.38. The van der Waals surface area contributed by atoms with Crippen LogP contribution in [-0.2, 0) is 25.6 Å². The highest BCUT2D eigenvalue weighted by molar-refractivity contribution is 6.39. The first-order valence-electron chi connectivity index (χ1n) is 24.3. The van der Waals surface area contributed by atoms with Gasteiger partial charge in [-0.05, 0) is 125 Å². The summed E-state index contributed by atoms with van der Waals surface area (Å²) in [4.78, 5) is 83.7. The molecule has 7 N–H and O–H groups in total. The predicted molar refractivity (Wildman–Crippen MR) is 274 cm³/mol. The van der Waals surface area contributed by atoms with Crippen LogP contribution >= 0.6 is 0 Å². The number of pyridine rings is 2. The molecule has 4 atom stereocenters. The second-order valence-electron chi connectivity index (χ2n) is 18.0. The molecule has 4 amide bonds. The number of amides is 4. The number of piperidine rings is 2. The number of nitrogens with one attached hydrogen (secondary N) is 2. The predicted octanol–water partition coefficient (Wildman–Crippen LogP) is 4.73. The number of alkyl halides is 1. The van der Waals surface area contributed by atoms with Gasteiger partial charge < -0.3 is 60.9 Å². The summed E-state index contributed by atoms with van der Waals surface area (Å²) in [5.74, 6) is -2.68. The molecule has 0 aliphatic carbocycles. The number of nitrogens with zero attached hydrogens (tertiary/aromatic N) is 5. The van der Waals surface area contributed by atoms with Gasteiger partial charge in [-0.3, -0.25) is 28.4 Å². The van der Waals surface area contributed by atoms with E-state index in [1.165, 1.54) is 57.2 Å². The highest BCUT2D eigenvalue weighted by Crippen LogP contribution is 2.35. The van der Waals surface area contributed by atoms with Gasteiger partial charge in [0.2, 0.25) is 17.5 Å². The van der Waals surface area contributed by atoms with Crippen molar-refractivity contribution in [3.8, 4) is 23.3 Å². The maximum absolute atomic E-state index is 13.2. The van der Waals surface area contributed by atoms with Crippen molar-refractivity contribution in [1.82, 2.24) is 30.0 Å². The number of rotatable bonds is 18. The van der Waals surface area contributed by atoms with Gasteiger partial charge in [-0.15, -0.1) is 0 Å². The van der Waals surface area contributed by atoms with Crippen LogP contribution in [0.2, 0.25) is 0 Å². The van der Waals surface area contributed by atoms with Crippen LogP contribution in [0.1, 0.15) is 90.4 Å². The Kier molecular flexibility index (Phi) is 24.5. The summed E-state index contributed by atoms with van der Waals surface area (Å²) < 4.78 is 37.0. The Hall–Kier alpha value is -7.23. The lowest BCUT2D eigenvalue weighted by atomic mass is 9.89. The molecule has 398 valence electrons. The number of primary amides is 2. The Morgan fingerprint density at radius 3 is 1.85 bits per heavy atom. The second kappa shape index (κ2) is 30.6. The van der Waals surface area contributed by atoms with E-state index in [1.807, 2.05) is 49.3 Å². The molecule has 2 saturated heterocycles. The third-order valence-corrected chi connectivity index (χ3v) is 11.6. The number of aromatic nitrogens is 2. The van der Waals surface area contributed by atoms with Gasteiger partial charge in [-0.2, -0.15) is 0 Å². The number of nitrogens with two attached hydrogens (primary N) is 2.